The summed E-state index contributed by atoms with van der Waals surface area (Å²) >= 11 is 0. The molecule has 0 amide bonds. The average molecular weight is 259 g/mol. The topological polar surface area (TPSA) is 71.2 Å². The van der Waals surface area contributed by atoms with Crippen molar-refractivity contribution in [2.24, 2.45) is 0 Å². The minimum Gasteiger partial charge on any atom is -0.397 e. The number of nitrogen functional groups attached to an aromatic ring is 1. The normalized spacial score (nSPS) is 14.3. The van der Waals surface area contributed by atoms with Crippen LogP contribution in [0.5, 0.6) is 0 Å². The van der Waals surface area contributed by atoms with E-state index in [-0.39, 0.29) is 0 Å². The van der Waals surface area contributed by atoms with Crippen LogP contribution in [0.4, 0.5) is 11.4 Å². The van der Waals surface area contributed by atoms with Gasteiger partial charge in [0.25, 0.3) is 0 Å². The Morgan fingerprint density at radius 3 is 2.89 bits per heavy atom. The van der Waals surface area contributed by atoms with Crippen LogP contribution in [0.25, 0.3) is 10.9 Å². The summed E-state index contributed by atoms with van der Waals surface area (Å²) in [5.74, 6) is 0. The van der Waals surface area contributed by atoms with Gasteiger partial charge in [0.2, 0.25) is 0 Å². The second-order valence-electron chi connectivity index (χ2n) is 5.20. The Kier molecular flexibility index (Phi) is 3.90. The van der Waals surface area contributed by atoms with Gasteiger partial charge in [0.15, 0.2) is 0 Å². The van der Waals surface area contributed by atoms with Crippen LogP contribution < -0.4 is 11.1 Å². The maximum Gasteiger partial charge on any atom is 0.0951 e. The highest BCUT2D eigenvalue weighted by atomic mass is 16.3. The molecular formula is C15H21N3O. The van der Waals surface area contributed by atoms with Crippen LogP contribution in [-0.2, 0) is 0 Å². The van der Waals surface area contributed by atoms with Gasteiger partial charge in [0, 0.05) is 23.8 Å². The van der Waals surface area contributed by atoms with Crippen molar-refractivity contribution in [2.45, 2.75) is 32.3 Å². The Balaban J connectivity index is 2.24. The number of pyridine rings is 1. The van der Waals surface area contributed by atoms with Crippen LogP contribution in [0.15, 0.2) is 30.5 Å². The third-order valence-electron chi connectivity index (χ3n) is 3.25. The minimum absolute atomic E-state index is 0.509. The van der Waals surface area contributed by atoms with Crippen molar-refractivity contribution in [1.29, 1.82) is 0 Å². The molecule has 1 aromatic carbocycles. The Morgan fingerprint density at radius 2 is 2.16 bits per heavy atom. The molecule has 0 bridgehead atoms. The largest absolute Gasteiger partial charge is 0.397 e. The molecule has 1 atom stereocenters. The molecule has 0 radical (unpaired) electrons. The summed E-state index contributed by atoms with van der Waals surface area (Å²) in [4.78, 5) is 4.29. The number of aliphatic hydroxyl groups is 1. The van der Waals surface area contributed by atoms with Crippen molar-refractivity contribution in [1.82, 2.24) is 4.98 Å². The van der Waals surface area contributed by atoms with Crippen LogP contribution in [0.3, 0.4) is 0 Å². The van der Waals surface area contributed by atoms with Gasteiger partial charge < -0.3 is 16.2 Å². The number of nitrogens with zero attached hydrogens (tertiary/aromatic N) is 1. The van der Waals surface area contributed by atoms with Gasteiger partial charge in [0.05, 0.1) is 16.8 Å². The summed E-state index contributed by atoms with van der Waals surface area (Å²) in [7, 11) is 0. The molecule has 0 saturated heterocycles. The summed E-state index contributed by atoms with van der Waals surface area (Å²) < 4.78 is 0. The Bertz CT molecular complexity index is 566. The van der Waals surface area contributed by atoms with Crippen LogP contribution in [0, 0.1) is 0 Å². The second-order valence-corrected chi connectivity index (χ2v) is 5.20. The van der Waals surface area contributed by atoms with Gasteiger partial charge >= 0.3 is 0 Å². The molecule has 1 aromatic heterocycles. The van der Waals surface area contributed by atoms with E-state index in [1.54, 1.807) is 6.20 Å². The molecule has 0 aliphatic rings. The summed E-state index contributed by atoms with van der Waals surface area (Å²) in [5.41, 5.74) is 7.63. The highest BCUT2D eigenvalue weighted by molar-refractivity contribution is 5.97. The zero-order chi connectivity index (χ0) is 13.9. The van der Waals surface area contributed by atoms with Gasteiger partial charge in [-0.2, -0.15) is 0 Å². The first-order chi connectivity index (χ1) is 9.03. The third-order valence-corrected chi connectivity index (χ3v) is 3.25. The molecule has 2 aromatic rings. The standard InChI is InChI=1S/C15H21N3O/c1-3-8-15(2,19)10-18-13-7-9-17-14-11(13)5-4-6-12(14)16/h4-7,9,19H,3,8,10,16H2,1-2H3,(H,17,18). The predicted octanol–water partition coefficient (Wildman–Crippen LogP) is 2.78. The van der Waals surface area contributed by atoms with E-state index in [9.17, 15) is 5.11 Å². The molecule has 0 spiro atoms. The summed E-state index contributed by atoms with van der Waals surface area (Å²) in [6.45, 7) is 4.42. The number of nitrogens with one attached hydrogen (secondary N) is 1. The summed E-state index contributed by atoms with van der Waals surface area (Å²) in [6, 6.07) is 7.64. The number of para-hydroxylation sites is 1. The van der Waals surface area contributed by atoms with E-state index in [1.165, 1.54) is 0 Å². The predicted molar refractivity (Wildman–Crippen MR) is 80.2 cm³/mol. The van der Waals surface area contributed by atoms with E-state index in [4.69, 9.17) is 5.73 Å². The van der Waals surface area contributed by atoms with Gasteiger partial charge in [-0.15, -0.1) is 0 Å². The number of nitrogens with two attached hydrogens (primary N) is 1. The third kappa shape index (κ3) is 3.15. The van der Waals surface area contributed by atoms with Crippen molar-refractivity contribution < 1.29 is 5.11 Å². The number of anilines is 2. The molecule has 0 aliphatic heterocycles. The fourth-order valence-electron chi connectivity index (χ4n) is 2.27. The van der Waals surface area contributed by atoms with Crippen molar-refractivity contribution in [2.75, 3.05) is 17.6 Å². The zero-order valence-corrected chi connectivity index (χ0v) is 11.5. The fraction of sp³-hybridized carbons (Fsp3) is 0.400. The van der Waals surface area contributed by atoms with Crippen LogP contribution in [-0.4, -0.2) is 22.2 Å². The number of hydrogen-bond acceptors (Lipinski definition) is 4. The summed E-state index contributed by atoms with van der Waals surface area (Å²) in [6.07, 6.45) is 3.46. The van der Waals surface area contributed by atoms with E-state index < -0.39 is 5.60 Å². The molecule has 0 fully saturated rings. The van der Waals surface area contributed by atoms with Gasteiger partial charge in [-0.25, -0.2) is 0 Å². The average Bonchev–Trinajstić information content (AvgIpc) is 2.37. The number of rotatable bonds is 5. The van der Waals surface area contributed by atoms with Gasteiger partial charge in [0.1, 0.15) is 0 Å². The smallest absolute Gasteiger partial charge is 0.0951 e. The fourth-order valence-corrected chi connectivity index (χ4v) is 2.27. The first kappa shape index (κ1) is 13.6. The molecule has 0 saturated carbocycles. The highest BCUT2D eigenvalue weighted by Gasteiger charge is 2.18. The van der Waals surface area contributed by atoms with E-state index in [2.05, 4.69) is 17.2 Å². The summed E-state index contributed by atoms with van der Waals surface area (Å²) in [5, 5.41) is 14.5. The van der Waals surface area contributed by atoms with Gasteiger partial charge in [-0.3, -0.25) is 4.98 Å². The molecular weight excluding hydrogens is 238 g/mol. The maximum absolute atomic E-state index is 10.2. The monoisotopic (exact) mass is 259 g/mol. The quantitative estimate of drug-likeness (QED) is 0.722. The number of hydrogen-bond donors (Lipinski definition) is 3. The van der Waals surface area contributed by atoms with E-state index in [0.717, 1.165) is 29.4 Å². The SMILES string of the molecule is CCCC(C)(O)CNc1ccnc2c(N)cccc12. The number of aromatic nitrogens is 1. The molecule has 4 nitrogen and oxygen atoms in total. The highest BCUT2D eigenvalue weighted by Crippen LogP contribution is 2.26. The van der Waals surface area contributed by atoms with Crippen molar-refractivity contribution in [3.63, 3.8) is 0 Å². The zero-order valence-electron chi connectivity index (χ0n) is 11.5. The van der Waals surface area contributed by atoms with Crippen molar-refractivity contribution in [3.8, 4) is 0 Å². The number of fused-ring (bicyclic) bond motifs is 1. The molecule has 102 valence electrons. The van der Waals surface area contributed by atoms with E-state index in [0.29, 0.717) is 12.2 Å². The van der Waals surface area contributed by atoms with Crippen LogP contribution in [0.2, 0.25) is 0 Å². The molecule has 19 heavy (non-hydrogen) atoms. The van der Waals surface area contributed by atoms with Crippen LogP contribution >= 0.6 is 0 Å². The lowest BCUT2D eigenvalue weighted by Gasteiger charge is -2.24. The van der Waals surface area contributed by atoms with E-state index >= 15 is 0 Å². The molecule has 1 heterocycles. The van der Waals surface area contributed by atoms with Gasteiger partial charge in [-0.1, -0.05) is 25.5 Å². The molecule has 2 rings (SSSR count). The Labute approximate surface area is 113 Å². The molecule has 0 aliphatic carbocycles. The first-order valence-electron chi connectivity index (χ1n) is 6.63. The first-order valence-corrected chi connectivity index (χ1v) is 6.63. The van der Waals surface area contributed by atoms with Gasteiger partial charge in [-0.05, 0) is 25.5 Å². The molecule has 1 unspecified atom stereocenters. The second kappa shape index (κ2) is 5.45. The van der Waals surface area contributed by atoms with Crippen molar-refractivity contribution >= 4 is 22.3 Å². The van der Waals surface area contributed by atoms with E-state index in [1.807, 2.05) is 31.2 Å². The lowest BCUT2D eigenvalue weighted by Crippen LogP contribution is -2.33. The number of benzene rings is 1. The lowest BCUT2D eigenvalue weighted by atomic mass is 10.0. The lowest BCUT2D eigenvalue weighted by molar-refractivity contribution is 0.0637. The maximum atomic E-state index is 10.2. The Hall–Kier alpha value is -1.81. The van der Waals surface area contributed by atoms with Crippen molar-refractivity contribution in [3.05, 3.63) is 30.5 Å². The minimum atomic E-state index is -0.704. The van der Waals surface area contributed by atoms with Crippen LogP contribution in [0.1, 0.15) is 26.7 Å². The molecule has 4 heteroatoms. The molecule has 4 N–H and O–H groups in total. The Morgan fingerprint density at radius 1 is 1.37 bits per heavy atom.